The zero-order valence-corrected chi connectivity index (χ0v) is 15.3. The van der Waals surface area contributed by atoms with Gasteiger partial charge in [0.05, 0.1) is 17.1 Å². The van der Waals surface area contributed by atoms with E-state index in [-0.39, 0.29) is 11.9 Å². The Labute approximate surface area is 147 Å². The molecule has 25 heavy (non-hydrogen) atoms. The van der Waals surface area contributed by atoms with Gasteiger partial charge in [-0.3, -0.25) is 4.79 Å². The lowest BCUT2D eigenvalue weighted by Gasteiger charge is -2.22. The number of aromatic nitrogens is 2. The number of para-hydroxylation sites is 2. The zero-order chi connectivity index (χ0) is 18.6. The van der Waals surface area contributed by atoms with Crippen molar-refractivity contribution in [1.82, 2.24) is 20.6 Å². The summed E-state index contributed by atoms with van der Waals surface area (Å²) >= 11 is 0. The molecular formula is C18H26N4O3. The molecule has 7 nitrogen and oxygen atoms in total. The van der Waals surface area contributed by atoms with Crippen molar-refractivity contribution in [2.75, 3.05) is 0 Å². The van der Waals surface area contributed by atoms with Crippen LogP contribution in [0.25, 0.3) is 11.0 Å². The van der Waals surface area contributed by atoms with Gasteiger partial charge >= 0.3 is 6.09 Å². The molecule has 1 aromatic heterocycles. The fourth-order valence-corrected chi connectivity index (χ4v) is 2.35. The number of carbonyl (C=O) groups excluding carboxylic acids is 2. The lowest BCUT2D eigenvalue weighted by atomic mass is 10.2. The average Bonchev–Trinajstić information content (AvgIpc) is 2.93. The van der Waals surface area contributed by atoms with Crippen molar-refractivity contribution >= 4 is 23.0 Å². The average molecular weight is 346 g/mol. The van der Waals surface area contributed by atoms with Crippen LogP contribution < -0.4 is 10.6 Å². The van der Waals surface area contributed by atoms with Gasteiger partial charge in [0.15, 0.2) is 0 Å². The second-order valence-corrected chi connectivity index (χ2v) is 6.98. The summed E-state index contributed by atoms with van der Waals surface area (Å²) in [5.74, 6) is 0.402. The molecule has 0 saturated carbocycles. The van der Waals surface area contributed by atoms with Crippen LogP contribution in [0.15, 0.2) is 24.3 Å². The third kappa shape index (κ3) is 5.20. The Hall–Kier alpha value is -2.57. The number of aromatic amines is 1. The van der Waals surface area contributed by atoms with Gasteiger partial charge in [0.25, 0.3) is 0 Å². The lowest BCUT2D eigenvalue weighted by molar-refractivity contribution is -0.123. The van der Waals surface area contributed by atoms with Crippen LogP contribution in [0.2, 0.25) is 0 Å². The first-order valence-electron chi connectivity index (χ1n) is 8.44. The second-order valence-electron chi connectivity index (χ2n) is 6.98. The number of ether oxygens (including phenoxy) is 1. The molecule has 2 atom stereocenters. The molecule has 0 saturated heterocycles. The Morgan fingerprint density at radius 2 is 1.92 bits per heavy atom. The van der Waals surface area contributed by atoms with Crippen LogP contribution in [0.5, 0.6) is 0 Å². The summed E-state index contributed by atoms with van der Waals surface area (Å²) in [5.41, 5.74) is 1.16. The molecule has 0 radical (unpaired) electrons. The fourth-order valence-electron chi connectivity index (χ4n) is 2.35. The molecule has 2 rings (SSSR count). The van der Waals surface area contributed by atoms with Crippen LogP contribution in [-0.4, -0.2) is 33.6 Å². The molecular weight excluding hydrogens is 320 g/mol. The quantitative estimate of drug-likeness (QED) is 0.775. The molecule has 0 aliphatic heterocycles. The maximum Gasteiger partial charge on any atom is 0.408 e. The predicted octanol–water partition coefficient (Wildman–Crippen LogP) is 3.04. The molecule has 7 heteroatoms. The first kappa shape index (κ1) is 18.8. The van der Waals surface area contributed by atoms with Gasteiger partial charge in [0, 0.05) is 0 Å². The van der Waals surface area contributed by atoms with Crippen LogP contribution in [0.4, 0.5) is 4.79 Å². The monoisotopic (exact) mass is 346 g/mol. The highest BCUT2D eigenvalue weighted by molar-refractivity contribution is 5.85. The van der Waals surface area contributed by atoms with E-state index in [2.05, 4.69) is 20.6 Å². The van der Waals surface area contributed by atoms with Crippen molar-refractivity contribution in [2.24, 2.45) is 0 Å². The van der Waals surface area contributed by atoms with Crippen LogP contribution >= 0.6 is 0 Å². The van der Waals surface area contributed by atoms with E-state index < -0.39 is 17.7 Å². The molecule has 0 fully saturated rings. The minimum Gasteiger partial charge on any atom is -0.444 e. The lowest BCUT2D eigenvalue weighted by Crippen LogP contribution is -2.47. The molecule has 0 aliphatic rings. The number of nitrogens with zero attached hydrogens (tertiary/aromatic N) is 1. The number of nitrogens with one attached hydrogen (secondary N) is 3. The van der Waals surface area contributed by atoms with E-state index in [1.807, 2.05) is 31.2 Å². The first-order valence-corrected chi connectivity index (χ1v) is 8.44. The highest BCUT2D eigenvalue weighted by atomic mass is 16.6. The van der Waals surface area contributed by atoms with Crippen LogP contribution in [0.1, 0.15) is 52.9 Å². The van der Waals surface area contributed by atoms with Crippen molar-refractivity contribution in [3.8, 4) is 0 Å². The maximum absolute atomic E-state index is 12.4. The SMILES string of the molecule is CC[C@H](NC(=O)[C@@H](C)NC(=O)OC(C)(C)C)c1nc2ccccc2[nH]1. The number of amides is 2. The van der Waals surface area contributed by atoms with Crippen molar-refractivity contribution in [2.45, 2.75) is 58.7 Å². The Bertz CT molecular complexity index is 715. The summed E-state index contributed by atoms with van der Waals surface area (Å²) < 4.78 is 5.17. The van der Waals surface area contributed by atoms with E-state index in [0.717, 1.165) is 11.0 Å². The Morgan fingerprint density at radius 1 is 1.24 bits per heavy atom. The number of benzene rings is 1. The largest absolute Gasteiger partial charge is 0.444 e. The smallest absolute Gasteiger partial charge is 0.408 e. The molecule has 136 valence electrons. The number of carbonyl (C=O) groups is 2. The van der Waals surface area contributed by atoms with E-state index in [9.17, 15) is 9.59 Å². The van der Waals surface area contributed by atoms with Crippen LogP contribution in [0.3, 0.4) is 0 Å². The number of rotatable bonds is 5. The van der Waals surface area contributed by atoms with Gasteiger partial charge in [0.2, 0.25) is 5.91 Å². The fraction of sp³-hybridized carbons (Fsp3) is 0.500. The van der Waals surface area contributed by atoms with Crippen LogP contribution in [-0.2, 0) is 9.53 Å². The van der Waals surface area contributed by atoms with Crippen molar-refractivity contribution in [3.05, 3.63) is 30.1 Å². The van der Waals surface area contributed by atoms with E-state index in [0.29, 0.717) is 12.2 Å². The number of fused-ring (bicyclic) bond motifs is 1. The third-order valence-corrected chi connectivity index (χ3v) is 3.59. The summed E-state index contributed by atoms with van der Waals surface area (Å²) in [6.45, 7) is 8.89. The molecule has 0 unspecified atom stereocenters. The first-order chi connectivity index (χ1) is 11.7. The van der Waals surface area contributed by atoms with Gasteiger partial charge in [-0.2, -0.15) is 0 Å². The molecule has 3 N–H and O–H groups in total. The van der Waals surface area contributed by atoms with E-state index in [1.54, 1.807) is 27.7 Å². The van der Waals surface area contributed by atoms with Crippen molar-refractivity contribution < 1.29 is 14.3 Å². The summed E-state index contributed by atoms with van der Waals surface area (Å²) in [6.07, 6.45) is 0.0528. The summed E-state index contributed by atoms with van der Waals surface area (Å²) in [4.78, 5) is 31.9. The Kier molecular flexibility index (Phi) is 5.66. The summed E-state index contributed by atoms with van der Waals surface area (Å²) in [6, 6.07) is 6.72. The number of hydrogen-bond donors (Lipinski definition) is 3. The number of alkyl carbamates (subject to hydrolysis) is 1. The van der Waals surface area contributed by atoms with E-state index >= 15 is 0 Å². The number of hydrogen-bond acceptors (Lipinski definition) is 4. The standard InChI is InChI=1S/C18H26N4O3/c1-6-12(15-20-13-9-7-8-10-14(13)21-15)22-16(23)11(2)19-17(24)25-18(3,4)5/h7-12H,6H2,1-5H3,(H,19,24)(H,20,21)(H,22,23)/t11-,12+/m1/s1. The van der Waals surface area contributed by atoms with Gasteiger partial charge in [-0.1, -0.05) is 19.1 Å². The van der Waals surface area contributed by atoms with E-state index in [1.165, 1.54) is 0 Å². The summed E-state index contributed by atoms with van der Waals surface area (Å²) in [7, 11) is 0. The van der Waals surface area contributed by atoms with Gasteiger partial charge in [-0.15, -0.1) is 0 Å². The van der Waals surface area contributed by atoms with Gasteiger partial charge < -0.3 is 20.4 Å². The van der Waals surface area contributed by atoms with Crippen molar-refractivity contribution in [3.63, 3.8) is 0 Å². The molecule has 1 aromatic carbocycles. The van der Waals surface area contributed by atoms with Crippen molar-refractivity contribution in [1.29, 1.82) is 0 Å². The van der Waals surface area contributed by atoms with Gasteiger partial charge in [0.1, 0.15) is 17.5 Å². The Balaban J connectivity index is 2.00. The molecule has 2 amide bonds. The normalized spacial score (nSPS) is 14.0. The second kappa shape index (κ2) is 7.55. The van der Waals surface area contributed by atoms with Crippen LogP contribution in [0, 0.1) is 0 Å². The maximum atomic E-state index is 12.4. The van der Waals surface area contributed by atoms with E-state index in [4.69, 9.17) is 4.74 Å². The summed E-state index contributed by atoms with van der Waals surface area (Å²) in [5, 5.41) is 5.45. The Morgan fingerprint density at radius 3 is 2.52 bits per heavy atom. The highest BCUT2D eigenvalue weighted by Gasteiger charge is 2.23. The van der Waals surface area contributed by atoms with Gasteiger partial charge in [-0.25, -0.2) is 9.78 Å². The van der Waals surface area contributed by atoms with Gasteiger partial charge in [-0.05, 0) is 46.2 Å². The predicted molar refractivity (Wildman–Crippen MR) is 96.1 cm³/mol. The molecule has 2 aromatic rings. The third-order valence-electron chi connectivity index (χ3n) is 3.59. The molecule has 1 heterocycles. The molecule has 0 bridgehead atoms. The molecule has 0 aliphatic carbocycles. The minimum absolute atomic E-state index is 0.261. The molecule has 0 spiro atoms. The number of H-pyrrole nitrogens is 1. The zero-order valence-electron chi connectivity index (χ0n) is 15.3. The minimum atomic E-state index is -0.715. The number of imidazole rings is 1. The topological polar surface area (TPSA) is 96.1 Å². The highest BCUT2D eigenvalue weighted by Crippen LogP contribution is 2.18.